The summed E-state index contributed by atoms with van der Waals surface area (Å²) in [5.41, 5.74) is 0.850. The van der Waals surface area contributed by atoms with E-state index in [9.17, 15) is 13.5 Å². The normalized spacial score (nSPS) is 28.4. The van der Waals surface area contributed by atoms with Crippen molar-refractivity contribution < 1.29 is 13.5 Å². The molecule has 2 aromatic carbocycles. The van der Waals surface area contributed by atoms with E-state index < -0.39 is 15.8 Å². The highest BCUT2D eigenvalue weighted by molar-refractivity contribution is 7.90. The van der Waals surface area contributed by atoms with Gasteiger partial charge in [-0.05, 0) is 60.6 Å². The summed E-state index contributed by atoms with van der Waals surface area (Å²) in [6, 6.07) is 9.86. The smallest absolute Gasteiger partial charge is 0.299 e. The molecule has 4 atom stereocenters. The van der Waals surface area contributed by atoms with Crippen LogP contribution in [0.1, 0.15) is 18.4 Å². The van der Waals surface area contributed by atoms with Gasteiger partial charge in [-0.25, -0.2) is 0 Å². The topological polar surface area (TPSA) is 107 Å². The molecule has 0 aliphatic heterocycles. The highest BCUT2D eigenvalue weighted by Crippen LogP contribution is 2.60. The largest absolute Gasteiger partial charge is 0.385 e. The lowest BCUT2D eigenvalue weighted by Gasteiger charge is -2.27. The molecule has 2 aliphatic carbocycles. The number of fused-ring (bicyclic) bond motifs is 2. The molecule has 0 amide bonds. The van der Waals surface area contributed by atoms with Crippen LogP contribution < -0.4 is 9.44 Å². The van der Waals surface area contributed by atoms with Crippen LogP contribution in [-0.2, 0) is 15.8 Å². The molecule has 29 heavy (non-hydrogen) atoms. The monoisotopic (exact) mass is 452 g/mol. The lowest BCUT2D eigenvalue weighted by Crippen LogP contribution is -2.36. The Hall–Kier alpha value is -1.84. The number of hydrogen-bond donors (Lipinski definition) is 4. The summed E-state index contributed by atoms with van der Waals surface area (Å²) in [6.07, 6.45) is 2.60. The molecule has 3 aromatic rings. The summed E-state index contributed by atoms with van der Waals surface area (Å²) in [5.74, 6) is 0.133. The molecule has 0 unspecified atom stereocenters. The summed E-state index contributed by atoms with van der Waals surface area (Å²) in [5, 5.41) is 20.0. The fourth-order valence-corrected chi connectivity index (χ4v) is 6.19. The molecule has 0 radical (unpaired) electrons. The molecule has 7 nitrogen and oxygen atoms in total. The number of aliphatic hydroxyl groups is 1. The Morgan fingerprint density at radius 3 is 2.62 bits per heavy atom. The molecule has 1 aromatic heterocycles. The molecular formula is C19H18Cl2N4O3S. The second kappa shape index (κ2) is 6.58. The zero-order valence-corrected chi connectivity index (χ0v) is 17.4. The lowest BCUT2D eigenvalue weighted by atomic mass is 9.86. The van der Waals surface area contributed by atoms with Gasteiger partial charge in [0.15, 0.2) is 0 Å². The van der Waals surface area contributed by atoms with Gasteiger partial charge in [-0.2, -0.15) is 18.2 Å². The Kier molecular flexibility index (Phi) is 4.34. The van der Waals surface area contributed by atoms with E-state index in [4.69, 9.17) is 23.2 Å². The van der Waals surface area contributed by atoms with Crippen LogP contribution in [0.3, 0.4) is 0 Å². The van der Waals surface area contributed by atoms with Gasteiger partial charge in [0, 0.05) is 21.5 Å². The van der Waals surface area contributed by atoms with E-state index in [0.29, 0.717) is 28.6 Å². The summed E-state index contributed by atoms with van der Waals surface area (Å²) in [7, 11) is -3.74. The maximum atomic E-state index is 12.5. The third-order valence-corrected chi connectivity index (χ3v) is 7.41. The molecule has 152 valence electrons. The number of benzene rings is 2. The first-order valence-corrected chi connectivity index (χ1v) is 11.4. The van der Waals surface area contributed by atoms with Gasteiger partial charge in [-0.15, -0.1) is 0 Å². The minimum Gasteiger partial charge on any atom is -0.385 e. The van der Waals surface area contributed by atoms with Crippen LogP contribution in [0.2, 0.25) is 10.0 Å². The van der Waals surface area contributed by atoms with E-state index in [0.717, 1.165) is 16.5 Å². The van der Waals surface area contributed by atoms with Crippen LogP contribution in [0, 0.1) is 11.8 Å². The first-order valence-electron chi connectivity index (χ1n) is 9.15. The molecule has 2 fully saturated rings. The molecule has 5 rings (SSSR count). The average Bonchev–Trinajstić information content (AvgIpc) is 3.02. The molecule has 10 heteroatoms. The van der Waals surface area contributed by atoms with E-state index in [1.165, 1.54) is 0 Å². The van der Waals surface area contributed by atoms with Crippen LogP contribution in [0.25, 0.3) is 10.9 Å². The number of nitrogens with zero attached hydrogens (tertiary/aromatic N) is 1. The zero-order valence-electron chi connectivity index (χ0n) is 15.1. The molecular weight excluding hydrogens is 435 g/mol. The Balaban J connectivity index is 1.30. The Morgan fingerprint density at radius 1 is 1.14 bits per heavy atom. The predicted octanol–water partition coefficient (Wildman–Crippen LogP) is 3.41. The highest BCUT2D eigenvalue weighted by atomic mass is 35.5. The second-order valence-electron chi connectivity index (χ2n) is 7.81. The maximum absolute atomic E-state index is 12.5. The molecule has 2 aliphatic rings. The zero-order chi connectivity index (χ0) is 20.4. The van der Waals surface area contributed by atoms with Crippen LogP contribution in [0.15, 0.2) is 42.6 Å². The van der Waals surface area contributed by atoms with Gasteiger partial charge < -0.3 is 5.11 Å². The lowest BCUT2D eigenvalue weighted by molar-refractivity contribution is 0.0303. The predicted molar refractivity (Wildman–Crippen MR) is 112 cm³/mol. The summed E-state index contributed by atoms with van der Waals surface area (Å²) < 4.78 is 30.1. The van der Waals surface area contributed by atoms with Crippen molar-refractivity contribution in [2.45, 2.75) is 24.5 Å². The molecule has 2 saturated carbocycles. The number of hydrogen-bond acceptors (Lipinski definition) is 4. The third kappa shape index (κ3) is 3.49. The van der Waals surface area contributed by atoms with Crippen LogP contribution in [-0.4, -0.2) is 29.8 Å². The number of anilines is 1. The van der Waals surface area contributed by atoms with E-state index in [2.05, 4.69) is 19.6 Å². The Labute approximate surface area is 177 Å². The number of aromatic nitrogens is 2. The fourth-order valence-electron chi connectivity index (χ4n) is 4.58. The first kappa shape index (κ1) is 19.1. The van der Waals surface area contributed by atoms with Crippen molar-refractivity contribution in [3.8, 4) is 0 Å². The first-order chi connectivity index (χ1) is 13.7. The van der Waals surface area contributed by atoms with E-state index in [1.54, 1.807) is 42.6 Å². The Bertz CT molecular complexity index is 1200. The van der Waals surface area contributed by atoms with Crippen LogP contribution >= 0.6 is 23.2 Å². The minimum atomic E-state index is -3.74. The average molecular weight is 453 g/mol. The van der Waals surface area contributed by atoms with Crippen molar-refractivity contribution in [1.82, 2.24) is 14.9 Å². The number of aromatic amines is 1. The molecule has 4 N–H and O–H groups in total. The summed E-state index contributed by atoms with van der Waals surface area (Å²) in [6.45, 7) is 0. The molecule has 0 spiro atoms. The van der Waals surface area contributed by atoms with Gasteiger partial charge in [0.05, 0.1) is 23.0 Å². The SMILES string of the molecule is O=S(=O)(Nc1cccc(Cl)c1)N[C@H]1[C@@H]2C[C@](O)(c3cc(Cl)cc4[nH]ncc34)C[C@@H]21. The van der Waals surface area contributed by atoms with Crippen LogP contribution in [0.4, 0.5) is 5.69 Å². The quantitative estimate of drug-likeness (QED) is 0.475. The van der Waals surface area contributed by atoms with Gasteiger partial charge in [0.2, 0.25) is 0 Å². The van der Waals surface area contributed by atoms with Crippen molar-refractivity contribution in [3.05, 3.63) is 58.2 Å². The standard InChI is InChI=1S/C19H18Cl2N4O3S/c20-10-2-1-3-12(4-10)24-29(27,28)25-18-13-7-19(26,8-14(13)18)16-5-11(21)6-17-15(16)9-22-23-17/h1-6,9,13-14,18,24-26H,7-8H2,(H,22,23)/t13-,14+,18+,19-. The van der Waals surface area contributed by atoms with Crippen LogP contribution in [0.5, 0.6) is 0 Å². The minimum absolute atomic E-state index is 0.0665. The molecule has 0 bridgehead atoms. The van der Waals surface area contributed by atoms with Crippen molar-refractivity contribution in [2.75, 3.05) is 4.72 Å². The number of halogens is 2. The molecule has 1 heterocycles. The Morgan fingerprint density at radius 2 is 1.90 bits per heavy atom. The van der Waals surface area contributed by atoms with Crippen molar-refractivity contribution in [1.29, 1.82) is 0 Å². The van der Waals surface area contributed by atoms with Crippen molar-refractivity contribution in [3.63, 3.8) is 0 Å². The number of H-pyrrole nitrogens is 1. The highest BCUT2D eigenvalue weighted by Gasteiger charge is 2.62. The summed E-state index contributed by atoms with van der Waals surface area (Å²) >= 11 is 12.1. The second-order valence-corrected chi connectivity index (χ2v) is 10.1. The fraction of sp³-hybridized carbons (Fsp3) is 0.316. The van der Waals surface area contributed by atoms with Gasteiger partial charge >= 0.3 is 0 Å². The number of rotatable bonds is 5. The van der Waals surface area contributed by atoms with Gasteiger partial charge in [0.25, 0.3) is 10.2 Å². The van der Waals surface area contributed by atoms with Gasteiger partial charge in [-0.3, -0.25) is 9.82 Å². The third-order valence-electron chi connectivity index (χ3n) is 5.87. The molecule has 0 saturated heterocycles. The maximum Gasteiger partial charge on any atom is 0.299 e. The number of nitrogens with one attached hydrogen (secondary N) is 3. The van der Waals surface area contributed by atoms with Crippen molar-refractivity contribution >= 4 is 50.0 Å². The van der Waals surface area contributed by atoms with Crippen molar-refractivity contribution in [2.24, 2.45) is 11.8 Å². The van der Waals surface area contributed by atoms with E-state index >= 15 is 0 Å². The summed E-state index contributed by atoms with van der Waals surface area (Å²) in [4.78, 5) is 0. The van der Waals surface area contributed by atoms with E-state index in [1.807, 2.05) is 0 Å². The van der Waals surface area contributed by atoms with Gasteiger partial charge in [-0.1, -0.05) is 29.3 Å². The van der Waals surface area contributed by atoms with Gasteiger partial charge in [0.1, 0.15) is 0 Å². The van der Waals surface area contributed by atoms with E-state index in [-0.39, 0.29) is 17.9 Å².